The summed E-state index contributed by atoms with van der Waals surface area (Å²) in [4.78, 5) is 23.7. The summed E-state index contributed by atoms with van der Waals surface area (Å²) in [7, 11) is 3.14. The number of nitrogens with zero attached hydrogens (tertiary/aromatic N) is 1. The first kappa shape index (κ1) is 20.3. The molecule has 152 valence electrons. The number of carboxylic acid groups (broad SMARTS) is 1. The van der Waals surface area contributed by atoms with Crippen LogP contribution in [0.15, 0.2) is 48.5 Å². The van der Waals surface area contributed by atoms with Gasteiger partial charge in [0.05, 0.1) is 26.3 Å². The molecule has 1 amide bonds. The largest absolute Gasteiger partial charge is 0.497 e. The van der Waals surface area contributed by atoms with Gasteiger partial charge >= 0.3 is 5.97 Å². The number of aryl methyl sites for hydroxylation is 1. The van der Waals surface area contributed by atoms with Crippen molar-refractivity contribution in [2.24, 2.45) is 0 Å². The molecule has 0 bridgehead atoms. The van der Waals surface area contributed by atoms with E-state index in [2.05, 4.69) is 5.43 Å². The van der Waals surface area contributed by atoms with Gasteiger partial charge in [0.15, 0.2) is 0 Å². The molecule has 1 aliphatic heterocycles. The van der Waals surface area contributed by atoms with Crippen molar-refractivity contribution in [2.75, 3.05) is 14.2 Å². The van der Waals surface area contributed by atoms with Crippen molar-refractivity contribution < 1.29 is 24.2 Å². The Morgan fingerprint density at radius 2 is 1.79 bits per heavy atom. The molecule has 7 heteroatoms. The molecule has 29 heavy (non-hydrogen) atoms. The molecule has 1 heterocycles. The number of ether oxygens (including phenoxy) is 2. The smallest absolute Gasteiger partial charge is 0.303 e. The van der Waals surface area contributed by atoms with Crippen LogP contribution in [0.5, 0.6) is 11.5 Å². The lowest BCUT2D eigenvalue weighted by molar-refractivity contribution is -0.142. The zero-order valence-electron chi connectivity index (χ0n) is 16.6. The average molecular weight is 396 g/mol. The van der Waals surface area contributed by atoms with Gasteiger partial charge in [0, 0.05) is 12.0 Å². The molecule has 7 nitrogen and oxygen atoms in total. The summed E-state index contributed by atoms with van der Waals surface area (Å²) >= 11 is 0. The number of carboxylic acids is 1. The van der Waals surface area contributed by atoms with Gasteiger partial charge in [-0.15, -0.1) is 0 Å². The van der Waals surface area contributed by atoms with Crippen molar-refractivity contribution in [1.82, 2.24) is 10.4 Å². The van der Waals surface area contributed by atoms with Crippen LogP contribution in [0, 0.1) is 6.92 Å². The second-order valence-electron chi connectivity index (χ2n) is 6.77. The van der Waals surface area contributed by atoms with Gasteiger partial charge in [-0.05, 0) is 36.8 Å². The van der Waals surface area contributed by atoms with Crippen molar-refractivity contribution >= 4 is 17.6 Å². The van der Waals surface area contributed by atoms with E-state index in [0.717, 1.165) is 22.4 Å². The summed E-state index contributed by atoms with van der Waals surface area (Å²) in [6.07, 6.45) is 1.58. The van der Waals surface area contributed by atoms with Gasteiger partial charge in [0.1, 0.15) is 17.5 Å². The molecule has 1 aliphatic rings. The molecule has 0 unspecified atom stereocenters. The molecular formula is C22H24N2O5. The zero-order chi connectivity index (χ0) is 21.0. The minimum atomic E-state index is -1.01. The van der Waals surface area contributed by atoms with Crippen LogP contribution in [-0.4, -0.2) is 36.2 Å². The molecule has 2 N–H and O–H groups in total. The first-order valence-electron chi connectivity index (χ1n) is 9.24. The predicted molar refractivity (Wildman–Crippen MR) is 108 cm³/mol. The first-order chi connectivity index (χ1) is 13.9. The summed E-state index contributed by atoms with van der Waals surface area (Å²) in [6, 6.07) is 12.8. The fourth-order valence-electron chi connectivity index (χ4n) is 3.21. The molecule has 0 aliphatic carbocycles. The molecule has 0 fully saturated rings. The number of methoxy groups -OCH3 is 2. The number of amides is 1. The van der Waals surface area contributed by atoms with Crippen LogP contribution >= 0.6 is 0 Å². The number of nitrogens with one attached hydrogen (secondary N) is 1. The summed E-state index contributed by atoms with van der Waals surface area (Å²) < 4.78 is 10.8. The highest BCUT2D eigenvalue weighted by Gasteiger charge is 2.33. The highest BCUT2D eigenvalue weighted by molar-refractivity contribution is 5.84. The number of hydrogen-bond donors (Lipinski definition) is 2. The first-order valence-corrected chi connectivity index (χ1v) is 9.24. The van der Waals surface area contributed by atoms with Gasteiger partial charge in [0.2, 0.25) is 5.91 Å². The maximum absolute atomic E-state index is 12.8. The van der Waals surface area contributed by atoms with E-state index in [9.17, 15) is 9.59 Å². The fourth-order valence-corrected chi connectivity index (χ4v) is 3.21. The summed E-state index contributed by atoms with van der Waals surface area (Å²) in [5.74, 6) is -0.0913. The predicted octanol–water partition coefficient (Wildman–Crippen LogP) is 3.31. The monoisotopic (exact) mass is 396 g/mol. The van der Waals surface area contributed by atoms with E-state index in [1.807, 2.05) is 43.3 Å². The third-order valence-corrected chi connectivity index (χ3v) is 4.78. The number of rotatable bonds is 7. The van der Waals surface area contributed by atoms with Crippen molar-refractivity contribution in [3.63, 3.8) is 0 Å². The number of carbonyl (C=O) groups excluding carboxylic acids is 1. The topological polar surface area (TPSA) is 88.1 Å². The fraction of sp³-hybridized carbons (Fsp3) is 0.273. The Kier molecular flexibility index (Phi) is 6.07. The number of benzene rings is 2. The van der Waals surface area contributed by atoms with E-state index in [1.54, 1.807) is 26.4 Å². The normalized spacial score (nSPS) is 15.5. The van der Waals surface area contributed by atoms with Crippen LogP contribution in [-0.2, 0) is 9.59 Å². The zero-order valence-corrected chi connectivity index (χ0v) is 16.6. The van der Waals surface area contributed by atoms with Crippen LogP contribution in [0.1, 0.15) is 35.6 Å². The lowest BCUT2D eigenvalue weighted by atomic mass is 10.0. The van der Waals surface area contributed by atoms with Crippen LogP contribution < -0.4 is 14.9 Å². The Hall–Kier alpha value is -3.48. The minimum absolute atomic E-state index is 0.111. The average Bonchev–Trinajstić information content (AvgIpc) is 3.17. The van der Waals surface area contributed by atoms with E-state index < -0.39 is 12.0 Å². The molecule has 0 aromatic heterocycles. The quantitative estimate of drug-likeness (QED) is 0.747. The Morgan fingerprint density at radius 3 is 2.41 bits per heavy atom. The van der Waals surface area contributed by atoms with E-state index in [0.29, 0.717) is 11.5 Å². The van der Waals surface area contributed by atoms with Crippen molar-refractivity contribution in [2.45, 2.75) is 25.8 Å². The number of hydrogen-bond acceptors (Lipinski definition) is 5. The van der Waals surface area contributed by atoms with E-state index in [1.165, 1.54) is 5.01 Å². The maximum atomic E-state index is 12.8. The van der Waals surface area contributed by atoms with Crippen LogP contribution in [0.3, 0.4) is 0 Å². The van der Waals surface area contributed by atoms with E-state index in [4.69, 9.17) is 14.6 Å². The van der Waals surface area contributed by atoms with Crippen molar-refractivity contribution in [3.05, 3.63) is 65.2 Å². The maximum Gasteiger partial charge on any atom is 0.303 e. The van der Waals surface area contributed by atoms with Gasteiger partial charge in [-0.3, -0.25) is 15.0 Å². The molecule has 0 spiro atoms. The Balaban J connectivity index is 2.01. The molecular weight excluding hydrogens is 372 g/mol. The number of carbonyl (C=O) groups is 2. The third-order valence-electron chi connectivity index (χ3n) is 4.78. The molecule has 1 atom stereocenters. The van der Waals surface area contributed by atoms with Gasteiger partial charge in [-0.25, -0.2) is 5.01 Å². The number of hydrazine groups is 1. The molecule has 3 rings (SSSR count). The molecule has 0 saturated carbocycles. The summed E-state index contributed by atoms with van der Waals surface area (Å²) in [5.41, 5.74) is 6.71. The lowest BCUT2D eigenvalue weighted by Crippen LogP contribution is -2.39. The molecule has 2 aromatic rings. The van der Waals surface area contributed by atoms with Crippen molar-refractivity contribution in [3.8, 4) is 11.5 Å². The second-order valence-corrected chi connectivity index (χ2v) is 6.77. The lowest BCUT2D eigenvalue weighted by Gasteiger charge is -2.26. The van der Waals surface area contributed by atoms with E-state index in [-0.39, 0.29) is 18.7 Å². The Labute approximate surface area is 169 Å². The Bertz CT molecular complexity index is 937. The summed E-state index contributed by atoms with van der Waals surface area (Å²) in [6.45, 7) is 2.01. The van der Waals surface area contributed by atoms with Gasteiger partial charge in [0.25, 0.3) is 0 Å². The van der Waals surface area contributed by atoms with Gasteiger partial charge in [-0.1, -0.05) is 29.8 Å². The number of aliphatic carboxylic acids is 1. The second kappa shape index (κ2) is 8.68. The van der Waals surface area contributed by atoms with Crippen molar-refractivity contribution in [1.29, 1.82) is 0 Å². The highest BCUT2D eigenvalue weighted by Crippen LogP contribution is 2.38. The van der Waals surface area contributed by atoms with Gasteiger partial charge < -0.3 is 14.6 Å². The van der Waals surface area contributed by atoms with Gasteiger partial charge in [-0.2, -0.15) is 0 Å². The van der Waals surface area contributed by atoms with Crippen LogP contribution in [0.4, 0.5) is 0 Å². The van der Waals surface area contributed by atoms with Crippen LogP contribution in [0.2, 0.25) is 0 Å². The van der Waals surface area contributed by atoms with E-state index >= 15 is 0 Å². The molecule has 0 radical (unpaired) electrons. The summed E-state index contributed by atoms with van der Waals surface area (Å²) in [5, 5.41) is 10.4. The SMILES string of the molecule is COc1ccc(OC)c([C@H]2C=C(c3ccc(C)cc3)NN2C(=O)CCC(=O)O)c1. The molecule has 2 aromatic carbocycles. The Morgan fingerprint density at radius 1 is 1.07 bits per heavy atom. The standard InChI is InChI=1S/C22H24N2O5/c1-14-4-6-15(7-5-14)18-13-19(24(23-18)21(25)10-11-22(26)27)17-12-16(28-2)8-9-20(17)29-3/h4-9,12-13,19,23H,10-11H2,1-3H3,(H,26,27)/t19-/m1/s1. The van der Waals surface area contributed by atoms with Crippen LogP contribution in [0.25, 0.3) is 5.70 Å². The third kappa shape index (κ3) is 4.51. The minimum Gasteiger partial charge on any atom is -0.497 e. The highest BCUT2D eigenvalue weighted by atomic mass is 16.5. The molecule has 0 saturated heterocycles.